The highest BCUT2D eigenvalue weighted by Gasteiger charge is 2.24. The lowest BCUT2D eigenvalue weighted by atomic mass is 9.99. The molecule has 0 aromatic heterocycles. The molecule has 1 heterocycles. The zero-order valence-electron chi connectivity index (χ0n) is 19.9. The lowest BCUT2D eigenvalue weighted by molar-refractivity contribution is -0.119. The van der Waals surface area contributed by atoms with Gasteiger partial charge in [0.1, 0.15) is 5.84 Å². The second kappa shape index (κ2) is 11.7. The van der Waals surface area contributed by atoms with Crippen LogP contribution in [0.3, 0.4) is 0 Å². The van der Waals surface area contributed by atoms with Crippen molar-refractivity contribution < 1.29 is 9.59 Å². The summed E-state index contributed by atoms with van der Waals surface area (Å²) in [4.78, 5) is 29.2. The molecular weight excluding hydrogens is 460 g/mol. The first kappa shape index (κ1) is 26.0. The number of halogens is 1. The molecule has 1 aliphatic heterocycles. The fourth-order valence-electron chi connectivity index (χ4n) is 4.40. The minimum Gasteiger partial charge on any atom is -0.384 e. The molecule has 0 bridgehead atoms. The molecule has 0 fully saturated rings. The van der Waals surface area contributed by atoms with E-state index in [1.165, 1.54) is 0 Å². The zero-order chi connectivity index (χ0) is 24.1. The van der Waals surface area contributed by atoms with Crippen molar-refractivity contribution in [1.29, 1.82) is 5.41 Å². The van der Waals surface area contributed by atoms with Gasteiger partial charge in [0.2, 0.25) is 11.8 Å². The van der Waals surface area contributed by atoms with Crippen LogP contribution < -0.4 is 15.5 Å². The van der Waals surface area contributed by atoms with Gasteiger partial charge >= 0.3 is 0 Å². The highest BCUT2D eigenvalue weighted by molar-refractivity contribution is 5.97. The zero-order valence-corrected chi connectivity index (χ0v) is 20.7. The molecule has 2 amide bonds. The van der Waals surface area contributed by atoms with E-state index in [9.17, 15) is 9.59 Å². The Morgan fingerprint density at radius 1 is 1.00 bits per heavy atom. The first-order valence-electron chi connectivity index (χ1n) is 11.6. The number of hydrogen-bond acceptors (Lipinski definition) is 3. The number of aryl methyl sites for hydroxylation is 2. The van der Waals surface area contributed by atoms with Gasteiger partial charge in [-0.05, 0) is 54.2 Å². The third-order valence-corrected chi connectivity index (χ3v) is 6.25. The van der Waals surface area contributed by atoms with Crippen LogP contribution in [0, 0.1) is 5.41 Å². The Morgan fingerprint density at radius 3 is 2.37 bits per heavy atom. The number of hydrogen-bond donors (Lipinski definition) is 2. The van der Waals surface area contributed by atoms with Gasteiger partial charge in [0.25, 0.3) is 0 Å². The van der Waals surface area contributed by atoms with Gasteiger partial charge in [-0.25, -0.2) is 0 Å². The van der Waals surface area contributed by atoms with E-state index in [2.05, 4.69) is 6.07 Å². The number of carbonyl (C=O) groups excluding carboxylic acids is 2. The third kappa shape index (κ3) is 6.28. The summed E-state index contributed by atoms with van der Waals surface area (Å²) < 4.78 is 0. The Morgan fingerprint density at radius 2 is 1.71 bits per heavy atom. The summed E-state index contributed by atoms with van der Waals surface area (Å²) in [5.41, 5.74) is 11.2. The van der Waals surface area contributed by atoms with Crippen molar-refractivity contribution in [1.82, 2.24) is 0 Å². The summed E-state index contributed by atoms with van der Waals surface area (Å²) in [6, 6.07) is 23.4. The number of nitrogens with zero attached hydrogens (tertiary/aromatic N) is 2. The maximum atomic E-state index is 13.1. The fraction of sp³-hybridized carbons (Fsp3) is 0.250. The monoisotopic (exact) mass is 490 g/mol. The van der Waals surface area contributed by atoms with E-state index in [0.29, 0.717) is 31.5 Å². The summed E-state index contributed by atoms with van der Waals surface area (Å²) in [6.07, 6.45) is 2.83. The molecular formula is C28H31ClN4O2. The third-order valence-electron chi connectivity index (χ3n) is 6.25. The van der Waals surface area contributed by atoms with E-state index >= 15 is 0 Å². The van der Waals surface area contributed by atoms with Crippen LogP contribution in [0.1, 0.15) is 42.0 Å². The number of nitrogens with two attached hydrogens (primary N) is 1. The number of amides is 2. The summed E-state index contributed by atoms with van der Waals surface area (Å²) in [5.74, 6) is 0.124. The van der Waals surface area contributed by atoms with Crippen molar-refractivity contribution in [2.75, 3.05) is 16.3 Å². The van der Waals surface area contributed by atoms with Gasteiger partial charge in [0, 0.05) is 36.8 Å². The SMILES string of the molecule is CC(=O)N(Cc1ccccc1)c1ccc2c(c1)CCCN2C(=O)CCc1ccc(C(=N)N)cc1.Cl. The van der Waals surface area contributed by atoms with Crippen molar-refractivity contribution in [3.05, 3.63) is 95.1 Å². The Hall–Kier alpha value is -3.64. The number of fused-ring (bicyclic) bond motifs is 1. The van der Waals surface area contributed by atoms with Crippen molar-refractivity contribution in [3.63, 3.8) is 0 Å². The van der Waals surface area contributed by atoms with Crippen molar-refractivity contribution in [2.24, 2.45) is 5.73 Å². The number of amidine groups is 1. The molecule has 1 aliphatic rings. The highest BCUT2D eigenvalue weighted by Crippen LogP contribution is 2.32. The largest absolute Gasteiger partial charge is 0.384 e. The fourth-order valence-corrected chi connectivity index (χ4v) is 4.40. The standard InChI is InChI=1S/C28H30N4O2.ClH/c1-20(33)32(19-22-6-3-2-4-7-22)25-14-15-26-24(18-25)8-5-17-31(26)27(34)16-11-21-9-12-23(13-10-21)28(29)30;/h2-4,6-7,9-10,12-15,18H,5,8,11,16-17,19H2,1H3,(H3,29,30);1H. The lowest BCUT2D eigenvalue weighted by Crippen LogP contribution is -2.36. The number of rotatable bonds is 7. The number of benzene rings is 3. The molecule has 6 nitrogen and oxygen atoms in total. The average Bonchev–Trinajstić information content (AvgIpc) is 2.85. The molecule has 182 valence electrons. The van der Waals surface area contributed by atoms with Crippen LogP contribution in [0.2, 0.25) is 0 Å². The van der Waals surface area contributed by atoms with Gasteiger partial charge < -0.3 is 15.5 Å². The Balaban J connectivity index is 0.00000342. The topological polar surface area (TPSA) is 90.5 Å². The second-order valence-electron chi connectivity index (χ2n) is 8.66. The van der Waals surface area contributed by atoms with Crippen molar-refractivity contribution in [2.45, 2.75) is 39.2 Å². The van der Waals surface area contributed by atoms with Gasteiger partial charge in [-0.1, -0.05) is 54.6 Å². The van der Waals surface area contributed by atoms with Crippen LogP contribution in [-0.2, 0) is 29.0 Å². The molecule has 0 unspecified atom stereocenters. The number of nitrogen functional groups attached to an aromatic ring is 1. The maximum absolute atomic E-state index is 13.1. The minimum atomic E-state index is -0.0108. The van der Waals surface area contributed by atoms with Crippen LogP contribution in [0.4, 0.5) is 11.4 Å². The van der Waals surface area contributed by atoms with Crippen LogP contribution >= 0.6 is 12.4 Å². The molecule has 3 N–H and O–H groups in total. The smallest absolute Gasteiger partial charge is 0.227 e. The van der Waals surface area contributed by atoms with Gasteiger partial charge in [0.15, 0.2) is 0 Å². The maximum Gasteiger partial charge on any atom is 0.227 e. The normalized spacial score (nSPS) is 12.3. The van der Waals surface area contributed by atoms with E-state index in [1.807, 2.05) is 71.6 Å². The molecule has 0 radical (unpaired) electrons. The van der Waals surface area contributed by atoms with Crippen LogP contribution in [0.15, 0.2) is 72.8 Å². The predicted octanol–water partition coefficient (Wildman–Crippen LogP) is 4.86. The molecule has 0 saturated heterocycles. The summed E-state index contributed by atoms with van der Waals surface area (Å²) in [7, 11) is 0. The van der Waals surface area contributed by atoms with Crippen molar-refractivity contribution in [3.8, 4) is 0 Å². The van der Waals surface area contributed by atoms with Crippen LogP contribution in [0.25, 0.3) is 0 Å². The van der Waals surface area contributed by atoms with Gasteiger partial charge in [-0.15, -0.1) is 12.4 Å². The molecule has 0 saturated carbocycles. The van der Waals surface area contributed by atoms with E-state index in [-0.39, 0.29) is 30.1 Å². The van der Waals surface area contributed by atoms with E-state index in [0.717, 1.165) is 40.9 Å². The van der Waals surface area contributed by atoms with Gasteiger partial charge in [0.05, 0.1) is 6.54 Å². The summed E-state index contributed by atoms with van der Waals surface area (Å²) in [6.45, 7) is 2.80. The highest BCUT2D eigenvalue weighted by atomic mass is 35.5. The summed E-state index contributed by atoms with van der Waals surface area (Å²) >= 11 is 0. The molecule has 0 aliphatic carbocycles. The predicted molar refractivity (Wildman–Crippen MR) is 143 cm³/mol. The number of nitrogens with one attached hydrogen (secondary N) is 1. The van der Waals surface area contributed by atoms with Crippen LogP contribution in [0.5, 0.6) is 0 Å². The number of anilines is 2. The van der Waals surface area contributed by atoms with E-state index in [1.54, 1.807) is 11.8 Å². The van der Waals surface area contributed by atoms with Crippen LogP contribution in [-0.4, -0.2) is 24.2 Å². The van der Waals surface area contributed by atoms with Crippen molar-refractivity contribution >= 4 is 41.4 Å². The van der Waals surface area contributed by atoms with E-state index in [4.69, 9.17) is 11.1 Å². The molecule has 3 aromatic carbocycles. The second-order valence-corrected chi connectivity index (χ2v) is 8.66. The van der Waals surface area contributed by atoms with Gasteiger partial charge in [-0.3, -0.25) is 15.0 Å². The first-order valence-corrected chi connectivity index (χ1v) is 11.6. The average molecular weight is 491 g/mol. The Bertz CT molecular complexity index is 1200. The molecule has 0 atom stereocenters. The van der Waals surface area contributed by atoms with Gasteiger partial charge in [-0.2, -0.15) is 0 Å². The molecule has 0 spiro atoms. The quantitative estimate of drug-likeness (QED) is 0.366. The molecule has 7 heteroatoms. The lowest BCUT2D eigenvalue weighted by Gasteiger charge is -2.31. The Kier molecular flexibility index (Phi) is 8.66. The summed E-state index contributed by atoms with van der Waals surface area (Å²) in [5, 5.41) is 7.50. The number of carbonyl (C=O) groups is 2. The minimum absolute atomic E-state index is 0. The van der Waals surface area contributed by atoms with E-state index < -0.39 is 0 Å². The molecule has 35 heavy (non-hydrogen) atoms. The first-order chi connectivity index (χ1) is 16.4. The molecule has 4 rings (SSSR count). The molecule has 3 aromatic rings. The Labute approximate surface area is 212 Å².